The maximum atomic E-state index is 13.9. The third-order valence-corrected chi connectivity index (χ3v) is 8.63. The van der Waals surface area contributed by atoms with Crippen molar-refractivity contribution in [3.63, 3.8) is 0 Å². The summed E-state index contributed by atoms with van der Waals surface area (Å²) in [6.07, 6.45) is 2.01. The number of aliphatic hydroxyl groups is 1. The number of aliphatic hydroxyl groups excluding tert-OH is 1. The third kappa shape index (κ3) is 8.81. The number of aromatic nitrogens is 1. The van der Waals surface area contributed by atoms with Crippen molar-refractivity contribution in [3.8, 4) is 0 Å². The summed E-state index contributed by atoms with van der Waals surface area (Å²) in [5, 5.41) is 17.4. The molecule has 44 heavy (non-hydrogen) atoms. The molecule has 0 bridgehead atoms. The van der Waals surface area contributed by atoms with Crippen LogP contribution in [0.2, 0.25) is 0 Å². The van der Waals surface area contributed by atoms with E-state index in [2.05, 4.69) is 84.4 Å². The van der Waals surface area contributed by atoms with Crippen molar-refractivity contribution < 1.29 is 18.7 Å². The average Bonchev–Trinajstić information content (AvgIpc) is 3.02. The van der Waals surface area contributed by atoms with Crippen LogP contribution in [0.3, 0.4) is 0 Å². The molecular formula is C34H36F2IN5O2. The first-order valence-electron chi connectivity index (χ1n) is 14.7. The van der Waals surface area contributed by atoms with E-state index in [0.717, 1.165) is 47.9 Å². The topological polar surface area (TPSA) is 80.7 Å². The minimum absolute atomic E-state index is 0.0469. The van der Waals surface area contributed by atoms with Crippen LogP contribution in [0, 0.1) is 15.2 Å². The first-order chi connectivity index (χ1) is 21.4. The van der Waals surface area contributed by atoms with Gasteiger partial charge in [0.05, 0.1) is 23.4 Å². The van der Waals surface area contributed by atoms with Gasteiger partial charge in [-0.05, 0) is 76.0 Å². The van der Waals surface area contributed by atoms with Gasteiger partial charge in [-0.1, -0.05) is 42.5 Å². The molecule has 230 valence electrons. The number of hydrogen-bond acceptors (Lipinski definition) is 6. The van der Waals surface area contributed by atoms with Crippen LogP contribution in [-0.2, 0) is 19.5 Å². The number of rotatable bonds is 12. The molecule has 0 spiro atoms. The van der Waals surface area contributed by atoms with Crippen LogP contribution in [0.1, 0.15) is 27.0 Å². The van der Waals surface area contributed by atoms with E-state index >= 15 is 0 Å². The van der Waals surface area contributed by atoms with Crippen LogP contribution in [0.15, 0.2) is 91.3 Å². The van der Waals surface area contributed by atoms with E-state index in [1.807, 2.05) is 12.1 Å². The molecule has 2 atom stereocenters. The minimum atomic E-state index is -1.03. The fraction of sp³-hybridized carbons (Fsp3) is 0.294. The number of piperazine rings is 1. The van der Waals surface area contributed by atoms with Gasteiger partial charge in [0.1, 0.15) is 11.6 Å². The summed E-state index contributed by atoms with van der Waals surface area (Å²) in [5.74, 6) is -1.85. The van der Waals surface area contributed by atoms with Gasteiger partial charge in [0.25, 0.3) is 5.91 Å². The Morgan fingerprint density at radius 2 is 1.68 bits per heavy atom. The second-order valence-corrected chi connectivity index (χ2v) is 12.2. The Bertz CT molecular complexity index is 1500. The number of amides is 1. The van der Waals surface area contributed by atoms with Crippen molar-refractivity contribution in [3.05, 3.63) is 129 Å². The molecule has 1 fully saturated rings. The normalized spacial score (nSPS) is 15.1. The van der Waals surface area contributed by atoms with Gasteiger partial charge in [0.2, 0.25) is 0 Å². The largest absolute Gasteiger partial charge is 0.390 e. The highest BCUT2D eigenvalue weighted by Gasteiger charge is 2.24. The molecule has 0 radical (unpaired) electrons. The van der Waals surface area contributed by atoms with E-state index in [1.165, 1.54) is 29.6 Å². The lowest BCUT2D eigenvalue weighted by Crippen LogP contribution is -2.49. The second kappa shape index (κ2) is 15.5. The number of anilines is 1. The highest BCUT2D eigenvalue weighted by Crippen LogP contribution is 2.28. The van der Waals surface area contributed by atoms with E-state index in [-0.39, 0.29) is 13.0 Å². The number of carbonyl (C=O) groups is 1. The Morgan fingerprint density at radius 3 is 2.39 bits per heavy atom. The van der Waals surface area contributed by atoms with Crippen LogP contribution in [0.4, 0.5) is 14.5 Å². The summed E-state index contributed by atoms with van der Waals surface area (Å²) in [4.78, 5) is 21.8. The van der Waals surface area contributed by atoms with Crippen molar-refractivity contribution in [2.24, 2.45) is 0 Å². The van der Waals surface area contributed by atoms with Crippen molar-refractivity contribution in [2.45, 2.75) is 31.7 Å². The van der Waals surface area contributed by atoms with Crippen molar-refractivity contribution in [2.75, 3.05) is 37.6 Å². The maximum absolute atomic E-state index is 13.9. The number of nitrogens with zero attached hydrogens (tertiary/aromatic N) is 3. The zero-order valence-electron chi connectivity index (χ0n) is 24.3. The number of pyridine rings is 1. The molecule has 10 heteroatoms. The fourth-order valence-corrected chi connectivity index (χ4v) is 6.43. The van der Waals surface area contributed by atoms with Gasteiger partial charge in [0, 0.05) is 67.8 Å². The number of carbonyl (C=O) groups excluding carboxylic acids is 1. The van der Waals surface area contributed by atoms with Gasteiger partial charge < -0.3 is 20.6 Å². The van der Waals surface area contributed by atoms with Crippen LogP contribution in [0.25, 0.3) is 0 Å². The number of nitrogens with one attached hydrogen (secondary N) is 2. The summed E-state index contributed by atoms with van der Waals surface area (Å²) in [6, 6.07) is 22.4. The molecule has 4 aromatic rings. The van der Waals surface area contributed by atoms with E-state index < -0.39 is 29.7 Å². The lowest BCUT2D eigenvalue weighted by molar-refractivity contribution is 0.0829. The first kappa shape index (κ1) is 32.0. The second-order valence-electron chi connectivity index (χ2n) is 11.0. The molecule has 1 aromatic heterocycles. The molecule has 0 unspecified atom stereocenters. The fourth-order valence-electron chi connectivity index (χ4n) is 5.54. The van der Waals surface area contributed by atoms with Crippen molar-refractivity contribution in [1.29, 1.82) is 0 Å². The Kier molecular flexibility index (Phi) is 11.3. The Morgan fingerprint density at radius 1 is 0.932 bits per heavy atom. The summed E-state index contributed by atoms with van der Waals surface area (Å²) < 4.78 is 29.0. The number of hydrogen-bond donors (Lipinski definition) is 3. The molecule has 2 heterocycles. The summed E-state index contributed by atoms with van der Waals surface area (Å²) >= 11 is 2.38. The molecular weight excluding hydrogens is 675 g/mol. The van der Waals surface area contributed by atoms with E-state index in [9.17, 15) is 18.7 Å². The highest BCUT2D eigenvalue weighted by molar-refractivity contribution is 14.1. The van der Waals surface area contributed by atoms with E-state index in [1.54, 1.807) is 18.3 Å². The van der Waals surface area contributed by atoms with Crippen LogP contribution < -0.4 is 15.5 Å². The molecule has 1 aliphatic rings. The Balaban J connectivity index is 1.22. The van der Waals surface area contributed by atoms with Gasteiger partial charge in [-0.15, -0.1) is 0 Å². The molecule has 1 saturated heterocycles. The highest BCUT2D eigenvalue weighted by atomic mass is 127. The van der Waals surface area contributed by atoms with E-state index in [0.29, 0.717) is 17.7 Å². The van der Waals surface area contributed by atoms with Crippen molar-refractivity contribution in [1.82, 2.24) is 20.5 Å². The van der Waals surface area contributed by atoms with Gasteiger partial charge in [-0.25, -0.2) is 8.78 Å². The molecule has 5 rings (SSSR count). The van der Waals surface area contributed by atoms with Gasteiger partial charge in [0.15, 0.2) is 0 Å². The van der Waals surface area contributed by atoms with Gasteiger partial charge in [-0.2, -0.15) is 0 Å². The SMILES string of the molecule is O=C(N[C@@H](Cc1cc(F)cc(F)c1)[C@H](O)CNCc1cccc(I)c1N1CCN(Cc2ccccc2)CC1)c1cccnc1. The quantitative estimate of drug-likeness (QED) is 0.184. The van der Waals surface area contributed by atoms with E-state index in [4.69, 9.17) is 0 Å². The smallest absolute Gasteiger partial charge is 0.253 e. The lowest BCUT2D eigenvalue weighted by Gasteiger charge is -2.37. The van der Waals surface area contributed by atoms with Crippen molar-refractivity contribution >= 4 is 34.2 Å². The molecule has 0 saturated carbocycles. The Hall–Kier alpha value is -3.45. The molecule has 7 nitrogen and oxygen atoms in total. The predicted molar refractivity (Wildman–Crippen MR) is 176 cm³/mol. The standard InChI is InChI=1S/C34H36F2IN5O2/c35-28-16-25(17-29(36)19-28)18-31(40-34(44)27-9-5-11-38-21-27)32(43)22-39-20-26-8-4-10-30(37)33(26)42-14-12-41(13-15-42)23-24-6-2-1-3-7-24/h1-11,16-17,19,21,31-32,39,43H,12-15,18,20,22-23H2,(H,40,44)/t31-,32+/m0/s1. The summed E-state index contributed by atoms with van der Waals surface area (Å²) in [6.45, 7) is 5.35. The minimum Gasteiger partial charge on any atom is -0.390 e. The average molecular weight is 712 g/mol. The Labute approximate surface area is 270 Å². The summed E-state index contributed by atoms with van der Waals surface area (Å²) in [5.41, 5.74) is 4.28. The molecule has 1 aliphatic heterocycles. The maximum Gasteiger partial charge on any atom is 0.253 e. The van der Waals surface area contributed by atoms with Crippen LogP contribution >= 0.6 is 22.6 Å². The lowest BCUT2D eigenvalue weighted by atomic mass is 10.00. The van der Waals surface area contributed by atoms with Crippen LogP contribution in [0.5, 0.6) is 0 Å². The molecule has 3 aromatic carbocycles. The molecule has 1 amide bonds. The summed E-state index contributed by atoms with van der Waals surface area (Å²) in [7, 11) is 0. The predicted octanol–water partition coefficient (Wildman–Crippen LogP) is 4.78. The third-order valence-electron chi connectivity index (χ3n) is 7.76. The molecule has 0 aliphatic carbocycles. The van der Waals surface area contributed by atoms with Gasteiger partial charge in [-0.3, -0.25) is 14.7 Å². The molecule has 3 N–H and O–H groups in total. The number of halogens is 3. The first-order valence-corrected chi connectivity index (χ1v) is 15.8. The number of benzene rings is 3. The number of para-hydroxylation sites is 1. The van der Waals surface area contributed by atoms with Gasteiger partial charge >= 0.3 is 0 Å². The zero-order chi connectivity index (χ0) is 30.9. The van der Waals surface area contributed by atoms with Crippen LogP contribution in [-0.4, -0.2) is 65.8 Å². The zero-order valence-corrected chi connectivity index (χ0v) is 26.5. The monoisotopic (exact) mass is 711 g/mol.